The molecule has 0 N–H and O–H groups in total. The van der Waals surface area contributed by atoms with Crippen LogP contribution in [0.5, 0.6) is 0 Å². The molecule has 3 heterocycles. The number of aryl methyl sites for hydroxylation is 1. The largest absolute Gasteiger partial charge is 0.458 e. The van der Waals surface area contributed by atoms with Crippen LogP contribution in [0.3, 0.4) is 0 Å². The molecule has 3 rings (SSSR count). The molecule has 0 saturated heterocycles. The van der Waals surface area contributed by atoms with Crippen molar-refractivity contribution in [2.75, 3.05) is 0 Å². The number of nitro groups is 1. The van der Waals surface area contributed by atoms with Crippen molar-refractivity contribution in [3.8, 4) is 10.6 Å². The highest BCUT2D eigenvalue weighted by atomic mass is 32.1. The molecule has 0 amide bonds. The molecule has 0 aliphatic heterocycles. The number of hydrogen-bond acceptors (Lipinski definition) is 8. The molecule has 0 unspecified atom stereocenters. The zero-order valence-corrected chi connectivity index (χ0v) is 14.3. The van der Waals surface area contributed by atoms with E-state index in [0.29, 0.717) is 17.1 Å². The second-order valence-electron chi connectivity index (χ2n) is 5.25. The van der Waals surface area contributed by atoms with Crippen molar-refractivity contribution in [3.63, 3.8) is 0 Å². The Hall–Kier alpha value is -3.01. The maximum Gasteiger partial charge on any atom is 0.328 e. The summed E-state index contributed by atoms with van der Waals surface area (Å²) in [7, 11) is 0. The zero-order valence-electron chi connectivity index (χ0n) is 13.5. The Morgan fingerprint density at radius 3 is 2.92 bits per heavy atom. The molecule has 0 aliphatic carbocycles. The normalized spacial score (nSPS) is 10.8. The summed E-state index contributed by atoms with van der Waals surface area (Å²) in [5.41, 5.74) is 0.953. The van der Waals surface area contributed by atoms with Crippen molar-refractivity contribution < 1.29 is 19.0 Å². The molecule has 0 aliphatic rings. The first-order valence-electron chi connectivity index (χ1n) is 7.29. The van der Waals surface area contributed by atoms with Gasteiger partial charge in [0.1, 0.15) is 30.2 Å². The van der Waals surface area contributed by atoms with E-state index in [1.54, 1.807) is 6.07 Å². The van der Waals surface area contributed by atoms with Crippen LogP contribution in [0.1, 0.15) is 17.1 Å². The molecule has 0 aromatic carbocycles. The number of esters is 1. The minimum Gasteiger partial charge on any atom is -0.458 e. The zero-order chi connectivity index (χ0) is 18.0. The fraction of sp³-hybridized carbons (Fsp3) is 0.267. The monoisotopic (exact) mass is 362 g/mol. The average molecular weight is 362 g/mol. The lowest BCUT2D eigenvalue weighted by Crippen LogP contribution is -2.15. The lowest BCUT2D eigenvalue weighted by molar-refractivity contribution is -0.386. The van der Waals surface area contributed by atoms with Crippen LogP contribution < -0.4 is 0 Å². The third-order valence-electron chi connectivity index (χ3n) is 3.51. The molecule has 10 heteroatoms. The molecule has 0 bridgehead atoms. The van der Waals surface area contributed by atoms with E-state index in [4.69, 9.17) is 9.26 Å². The topological polar surface area (TPSA) is 113 Å². The molecule has 25 heavy (non-hydrogen) atoms. The lowest BCUT2D eigenvalue weighted by atomic mass is 10.3. The fourth-order valence-electron chi connectivity index (χ4n) is 2.34. The van der Waals surface area contributed by atoms with Crippen LogP contribution in [0.15, 0.2) is 28.1 Å². The van der Waals surface area contributed by atoms with E-state index in [0.717, 1.165) is 4.88 Å². The van der Waals surface area contributed by atoms with Crippen LogP contribution in [-0.4, -0.2) is 25.8 Å². The van der Waals surface area contributed by atoms with E-state index in [-0.39, 0.29) is 24.5 Å². The highest BCUT2D eigenvalue weighted by Crippen LogP contribution is 2.25. The number of carbonyl (C=O) groups excluding carboxylic acids is 1. The molecular formula is C15H14N4O5S. The molecule has 0 radical (unpaired) electrons. The van der Waals surface area contributed by atoms with E-state index < -0.39 is 10.9 Å². The Morgan fingerprint density at radius 2 is 2.28 bits per heavy atom. The average Bonchev–Trinajstić information content (AvgIpc) is 3.26. The Kier molecular flexibility index (Phi) is 4.61. The number of ether oxygens (including phenoxy) is 1. The number of hydrogen-bond donors (Lipinski definition) is 0. The summed E-state index contributed by atoms with van der Waals surface area (Å²) >= 11 is 1.51. The number of aromatic nitrogens is 3. The van der Waals surface area contributed by atoms with Gasteiger partial charge in [0.2, 0.25) is 0 Å². The van der Waals surface area contributed by atoms with Crippen molar-refractivity contribution in [3.05, 3.63) is 50.8 Å². The number of rotatable bonds is 6. The smallest absolute Gasteiger partial charge is 0.328 e. The second-order valence-corrected chi connectivity index (χ2v) is 6.20. The summed E-state index contributed by atoms with van der Waals surface area (Å²) in [4.78, 5) is 23.3. The van der Waals surface area contributed by atoms with Crippen molar-refractivity contribution in [1.82, 2.24) is 14.9 Å². The fourth-order valence-corrected chi connectivity index (χ4v) is 3.02. The highest BCUT2D eigenvalue weighted by Gasteiger charge is 2.23. The minimum atomic E-state index is -0.568. The second kappa shape index (κ2) is 6.85. The van der Waals surface area contributed by atoms with Gasteiger partial charge in [-0.2, -0.15) is 5.10 Å². The molecule has 0 spiro atoms. The first-order chi connectivity index (χ1) is 12.0. The van der Waals surface area contributed by atoms with Gasteiger partial charge in [-0.15, -0.1) is 11.3 Å². The molecular weight excluding hydrogens is 348 g/mol. The van der Waals surface area contributed by atoms with Gasteiger partial charge in [0.25, 0.3) is 0 Å². The SMILES string of the molecule is Cc1nn(CC(=O)OCc2cc(-c3cccs3)on2)c(C)c1[N+](=O)[O-]. The molecule has 9 nitrogen and oxygen atoms in total. The Labute approximate surface area is 146 Å². The summed E-state index contributed by atoms with van der Waals surface area (Å²) in [6, 6.07) is 5.50. The quantitative estimate of drug-likeness (QED) is 0.376. The summed E-state index contributed by atoms with van der Waals surface area (Å²) in [6.45, 7) is 2.80. The third-order valence-corrected chi connectivity index (χ3v) is 4.39. The van der Waals surface area contributed by atoms with E-state index in [1.165, 1.54) is 29.9 Å². The highest BCUT2D eigenvalue weighted by molar-refractivity contribution is 7.13. The molecule has 0 saturated carbocycles. The van der Waals surface area contributed by atoms with Crippen LogP contribution in [0.4, 0.5) is 5.69 Å². The number of carbonyl (C=O) groups is 1. The molecule has 0 atom stereocenters. The maximum atomic E-state index is 12.0. The van der Waals surface area contributed by atoms with Crippen LogP contribution in [0, 0.1) is 24.0 Å². The molecule has 3 aromatic rings. The van der Waals surface area contributed by atoms with Gasteiger partial charge in [0, 0.05) is 6.07 Å². The summed E-state index contributed by atoms with van der Waals surface area (Å²) < 4.78 is 11.6. The number of thiophene rings is 1. The van der Waals surface area contributed by atoms with Gasteiger partial charge in [0.05, 0.1) is 9.80 Å². The Bertz CT molecular complexity index is 913. The number of nitrogens with zero attached hydrogens (tertiary/aromatic N) is 4. The van der Waals surface area contributed by atoms with Crippen LogP contribution in [-0.2, 0) is 22.7 Å². The minimum absolute atomic E-state index is 0.0465. The summed E-state index contributed by atoms with van der Waals surface area (Å²) in [5.74, 6) is 0.0383. The van der Waals surface area contributed by atoms with Gasteiger partial charge in [-0.05, 0) is 25.3 Å². The standard InChI is InChI=1S/C15H14N4O5S/c1-9-15(19(21)22)10(2)18(16-9)7-14(20)23-8-11-6-12(24-17-11)13-4-3-5-25-13/h3-6H,7-8H2,1-2H3. The van der Waals surface area contributed by atoms with Crippen molar-refractivity contribution in [1.29, 1.82) is 0 Å². The molecule has 3 aromatic heterocycles. The van der Waals surface area contributed by atoms with Gasteiger partial charge in [-0.3, -0.25) is 19.6 Å². The Balaban J connectivity index is 1.60. The first kappa shape index (κ1) is 16.8. The predicted octanol–water partition coefficient (Wildman–Crippen LogP) is 2.87. The first-order valence-corrected chi connectivity index (χ1v) is 8.17. The van der Waals surface area contributed by atoms with E-state index in [1.807, 2.05) is 17.5 Å². The van der Waals surface area contributed by atoms with Crippen molar-refractivity contribution >= 4 is 23.0 Å². The van der Waals surface area contributed by atoms with E-state index >= 15 is 0 Å². The van der Waals surface area contributed by atoms with Gasteiger partial charge in [-0.25, -0.2) is 0 Å². The van der Waals surface area contributed by atoms with Gasteiger partial charge in [-0.1, -0.05) is 11.2 Å². The maximum absolute atomic E-state index is 12.0. The summed E-state index contributed by atoms with van der Waals surface area (Å²) in [6.07, 6.45) is 0. The lowest BCUT2D eigenvalue weighted by Gasteiger charge is -2.04. The molecule has 130 valence electrons. The van der Waals surface area contributed by atoms with Crippen molar-refractivity contribution in [2.45, 2.75) is 27.0 Å². The van der Waals surface area contributed by atoms with Crippen LogP contribution in [0.25, 0.3) is 10.6 Å². The van der Waals surface area contributed by atoms with Crippen LogP contribution >= 0.6 is 11.3 Å². The van der Waals surface area contributed by atoms with Gasteiger partial charge >= 0.3 is 11.7 Å². The third kappa shape index (κ3) is 3.58. The van der Waals surface area contributed by atoms with Crippen molar-refractivity contribution in [2.24, 2.45) is 0 Å². The van der Waals surface area contributed by atoms with Gasteiger partial charge in [0.15, 0.2) is 5.76 Å². The molecule has 0 fully saturated rings. The van der Waals surface area contributed by atoms with Crippen LogP contribution in [0.2, 0.25) is 0 Å². The van der Waals surface area contributed by atoms with E-state index in [9.17, 15) is 14.9 Å². The predicted molar refractivity (Wildman–Crippen MR) is 88.0 cm³/mol. The van der Waals surface area contributed by atoms with E-state index in [2.05, 4.69) is 10.3 Å². The summed E-state index contributed by atoms with van der Waals surface area (Å²) in [5, 5.41) is 20.8. The van der Waals surface area contributed by atoms with Gasteiger partial charge < -0.3 is 9.26 Å². The Morgan fingerprint density at radius 1 is 1.48 bits per heavy atom.